The predicted molar refractivity (Wildman–Crippen MR) is 190 cm³/mol. The first-order valence-electron chi connectivity index (χ1n) is 18.4. The first-order chi connectivity index (χ1) is 24.6. The van der Waals surface area contributed by atoms with Crippen molar-refractivity contribution in [3.8, 4) is 0 Å². The number of benzene rings is 1. The van der Waals surface area contributed by atoms with E-state index in [1.165, 1.54) is 10.5 Å². The van der Waals surface area contributed by atoms with Crippen molar-refractivity contribution in [2.45, 2.75) is 133 Å². The van der Waals surface area contributed by atoms with Crippen molar-refractivity contribution in [2.75, 3.05) is 13.1 Å². The van der Waals surface area contributed by atoms with Crippen molar-refractivity contribution < 1.29 is 41.9 Å². The lowest BCUT2D eigenvalue weighted by Crippen LogP contribution is -2.58. The van der Waals surface area contributed by atoms with E-state index in [4.69, 9.17) is 9.47 Å². The largest absolute Gasteiger partial charge is 0.444 e. The van der Waals surface area contributed by atoms with Gasteiger partial charge >= 0.3 is 12.2 Å². The summed E-state index contributed by atoms with van der Waals surface area (Å²) in [5.74, 6) is -2.39. The van der Waals surface area contributed by atoms with Crippen molar-refractivity contribution in [1.29, 1.82) is 0 Å². The first-order valence-corrected chi connectivity index (χ1v) is 20.0. The highest BCUT2D eigenvalue weighted by Gasteiger charge is 2.62. The van der Waals surface area contributed by atoms with Gasteiger partial charge in [0.25, 0.3) is 5.91 Å². The Labute approximate surface area is 305 Å². The van der Waals surface area contributed by atoms with Crippen LogP contribution in [0.1, 0.15) is 103 Å². The van der Waals surface area contributed by atoms with E-state index in [1.807, 2.05) is 43.3 Å². The fourth-order valence-corrected chi connectivity index (χ4v) is 8.88. The van der Waals surface area contributed by atoms with Gasteiger partial charge in [-0.25, -0.2) is 18.0 Å². The molecule has 5 amide bonds. The summed E-state index contributed by atoms with van der Waals surface area (Å²) in [6.07, 6.45) is 5.73. The molecule has 1 aromatic carbocycles. The Bertz CT molecular complexity index is 1720. The third-order valence-corrected chi connectivity index (χ3v) is 12.3. The Morgan fingerprint density at radius 3 is 2.50 bits per heavy atom. The number of allylic oxidation sites excluding steroid dienone is 1. The number of hydrogen-bond acceptors (Lipinski definition) is 9. The Hall–Kier alpha value is -4.14. The summed E-state index contributed by atoms with van der Waals surface area (Å²) < 4.78 is 39.2. The Morgan fingerprint density at radius 2 is 1.77 bits per heavy atom. The number of carbonyl (C=O) groups excluding carboxylic acids is 5. The summed E-state index contributed by atoms with van der Waals surface area (Å²) in [5, 5.41) is 4.90. The quantitative estimate of drug-likeness (QED) is 0.380. The number of fused-ring (bicyclic) bond motifs is 3. The van der Waals surface area contributed by atoms with Crippen LogP contribution in [0, 0.1) is 5.92 Å². The molecule has 3 N–H and O–H groups in total. The lowest BCUT2D eigenvalue weighted by molar-refractivity contribution is -0.141. The van der Waals surface area contributed by atoms with Crippen molar-refractivity contribution in [3.05, 3.63) is 47.5 Å². The fourth-order valence-electron chi connectivity index (χ4n) is 7.51. The number of rotatable bonds is 5. The number of amides is 5. The van der Waals surface area contributed by atoms with Crippen LogP contribution in [-0.2, 0) is 40.4 Å². The number of nitrogens with one attached hydrogen (secondary N) is 3. The number of alkyl carbamates (subject to hydrolysis) is 1. The van der Waals surface area contributed by atoms with E-state index in [0.29, 0.717) is 38.8 Å². The van der Waals surface area contributed by atoms with Crippen LogP contribution >= 0.6 is 0 Å². The average Bonchev–Trinajstić information content (AvgIpc) is 3.99. The van der Waals surface area contributed by atoms with Crippen molar-refractivity contribution in [1.82, 2.24) is 25.2 Å². The van der Waals surface area contributed by atoms with Crippen LogP contribution in [0.15, 0.2) is 36.4 Å². The molecule has 0 radical (unpaired) electrons. The highest BCUT2D eigenvalue weighted by molar-refractivity contribution is 7.91. The molecule has 15 heteroatoms. The highest BCUT2D eigenvalue weighted by atomic mass is 32.2. The van der Waals surface area contributed by atoms with Gasteiger partial charge in [0.2, 0.25) is 21.8 Å². The number of nitrogens with zero attached hydrogens (tertiary/aromatic N) is 2. The van der Waals surface area contributed by atoms with E-state index in [9.17, 15) is 32.4 Å². The topological polar surface area (TPSA) is 181 Å². The van der Waals surface area contributed by atoms with Crippen LogP contribution in [0.3, 0.4) is 0 Å². The summed E-state index contributed by atoms with van der Waals surface area (Å²) >= 11 is 0. The van der Waals surface area contributed by atoms with Crippen molar-refractivity contribution >= 4 is 39.9 Å². The van der Waals surface area contributed by atoms with Gasteiger partial charge < -0.3 is 29.9 Å². The molecule has 14 nitrogen and oxygen atoms in total. The van der Waals surface area contributed by atoms with E-state index >= 15 is 0 Å². The second kappa shape index (κ2) is 14.7. The number of ether oxygens (including phenoxy) is 2. The van der Waals surface area contributed by atoms with Gasteiger partial charge in [-0.15, -0.1) is 0 Å². The average molecular weight is 742 g/mol. The predicted octanol–water partition coefficient (Wildman–Crippen LogP) is 3.61. The lowest BCUT2D eigenvalue weighted by Gasteiger charge is -2.33. The Kier molecular flexibility index (Phi) is 10.6. The maximum absolute atomic E-state index is 14.4. The molecule has 3 heterocycles. The van der Waals surface area contributed by atoms with Crippen molar-refractivity contribution in [2.24, 2.45) is 5.92 Å². The minimum atomic E-state index is -3.90. The molecular weight excluding hydrogens is 690 g/mol. The van der Waals surface area contributed by atoms with Gasteiger partial charge in [-0.1, -0.05) is 56.2 Å². The van der Waals surface area contributed by atoms with Crippen LogP contribution in [0.2, 0.25) is 0 Å². The highest BCUT2D eigenvalue weighted by Crippen LogP contribution is 2.46. The summed E-state index contributed by atoms with van der Waals surface area (Å²) in [5.41, 5.74) is -0.155. The zero-order valence-corrected chi connectivity index (χ0v) is 31.2. The standard InChI is InChI=1S/C37H51N5O9S/c1-23-20-41(21-24-12-10-11-14-28(23)24)35(47)50-26-18-30-31(43)39-37(33(45)40-52(48,49)27-16-17-27)19-25(37)13-8-6-5-7-9-15-29(32(44)42(30)22-26)38-34(46)51-36(2,3)4/h8,10-14,23,25-27,29-30H,5-7,9,15-22H2,1-4H3,(H,38,46)(H,39,43)(H,40,45)/b13-8-/t23?,25-,26-,29+,30+,37-/m1/s1. The van der Waals surface area contributed by atoms with Crippen LogP contribution in [0.25, 0.3) is 0 Å². The fraction of sp³-hybridized carbons (Fsp3) is 0.649. The molecule has 1 aromatic rings. The molecule has 3 fully saturated rings. The molecular formula is C37H51N5O9S. The lowest BCUT2D eigenvalue weighted by atomic mass is 9.91. The molecule has 1 unspecified atom stereocenters. The monoisotopic (exact) mass is 741 g/mol. The molecule has 0 aromatic heterocycles. The van der Waals surface area contributed by atoms with E-state index in [2.05, 4.69) is 15.4 Å². The van der Waals surface area contributed by atoms with E-state index in [1.54, 1.807) is 25.7 Å². The van der Waals surface area contributed by atoms with Gasteiger partial charge in [0, 0.05) is 25.4 Å². The summed E-state index contributed by atoms with van der Waals surface area (Å²) in [4.78, 5) is 71.6. The maximum Gasteiger partial charge on any atom is 0.410 e. The number of carbonyl (C=O) groups is 5. The summed E-state index contributed by atoms with van der Waals surface area (Å²) in [7, 11) is -3.90. The number of hydrogen-bond donors (Lipinski definition) is 3. The van der Waals surface area contributed by atoms with Crippen LogP contribution in [-0.4, -0.2) is 95.8 Å². The van der Waals surface area contributed by atoms with E-state index < -0.39 is 80.4 Å². The van der Waals surface area contributed by atoms with Gasteiger partial charge in [0.05, 0.1) is 11.8 Å². The zero-order chi connectivity index (χ0) is 37.4. The number of sulfonamides is 1. The van der Waals surface area contributed by atoms with E-state index in [0.717, 1.165) is 18.4 Å². The van der Waals surface area contributed by atoms with Crippen molar-refractivity contribution in [3.63, 3.8) is 0 Å². The SMILES string of the molecule is CC1CN(C(=O)O[C@@H]2C[C@H]3C(=O)N[C@]4(C(=O)NS(=O)(=O)C5CC5)C[C@H]4/C=C\CCCCC[C@H](NC(=O)OC(C)(C)C)C(=O)N3C2)Cc2ccccc21. The van der Waals surface area contributed by atoms with Gasteiger partial charge in [0.15, 0.2) is 0 Å². The zero-order valence-electron chi connectivity index (χ0n) is 30.4. The summed E-state index contributed by atoms with van der Waals surface area (Å²) in [6.45, 7) is 7.86. The molecule has 0 spiro atoms. The first kappa shape index (κ1) is 37.6. The van der Waals surface area contributed by atoms with Crippen LogP contribution < -0.4 is 15.4 Å². The smallest absolute Gasteiger partial charge is 0.410 e. The molecule has 6 atom stereocenters. The van der Waals surface area contributed by atoms with Gasteiger partial charge in [0.1, 0.15) is 29.3 Å². The normalized spacial score (nSPS) is 30.3. The molecule has 284 valence electrons. The molecule has 2 saturated carbocycles. The van der Waals surface area contributed by atoms with E-state index in [-0.39, 0.29) is 31.7 Å². The second-order valence-electron chi connectivity index (χ2n) is 15.9. The summed E-state index contributed by atoms with van der Waals surface area (Å²) in [6, 6.07) is 5.70. The molecule has 2 aliphatic carbocycles. The molecule has 52 heavy (non-hydrogen) atoms. The molecule has 1 saturated heterocycles. The van der Waals surface area contributed by atoms with Gasteiger partial charge in [-0.3, -0.25) is 19.1 Å². The minimum Gasteiger partial charge on any atom is -0.444 e. The Morgan fingerprint density at radius 1 is 1.02 bits per heavy atom. The molecule has 6 rings (SSSR count). The minimum absolute atomic E-state index is 0.0545. The molecule has 0 bridgehead atoms. The third-order valence-electron chi connectivity index (χ3n) is 10.5. The maximum atomic E-state index is 14.4. The molecule has 5 aliphatic rings. The second-order valence-corrected chi connectivity index (χ2v) is 17.9. The Balaban J connectivity index is 1.25. The van der Waals surface area contributed by atoms with Crippen LogP contribution in [0.5, 0.6) is 0 Å². The molecule has 3 aliphatic heterocycles. The van der Waals surface area contributed by atoms with Gasteiger partial charge in [-0.2, -0.15) is 0 Å². The van der Waals surface area contributed by atoms with Crippen LogP contribution in [0.4, 0.5) is 9.59 Å². The third kappa shape index (κ3) is 8.56. The van der Waals surface area contributed by atoms with Gasteiger partial charge in [-0.05, 0) is 76.3 Å².